The average molecular weight is 678 g/mol. The van der Waals surface area contributed by atoms with Gasteiger partial charge in [-0.15, -0.1) is 0 Å². The summed E-state index contributed by atoms with van der Waals surface area (Å²) in [7, 11) is 0. The topological polar surface area (TPSA) is 95.5 Å². The molecule has 48 heavy (non-hydrogen) atoms. The molecule has 2 N–H and O–H groups in total. The third-order valence-electron chi connectivity index (χ3n) is 12.8. The Hall–Kier alpha value is -1.19. The molecule has 0 saturated heterocycles. The molecule has 3 fully saturated rings. The zero-order valence-electron chi connectivity index (χ0n) is 31.3. The summed E-state index contributed by atoms with van der Waals surface area (Å²) >= 11 is 0. The lowest BCUT2D eigenvalue weighted by Gasteiger charge is -2.58. The summed E-state index contributed by atoms with van der Waals surface area (Å²) in [4.78, 5) is 12.6. The molecule has 0 heterocycles. The standard InChI is InChI=1S/C40H71NO7/c1-30(2)9-6-10-31(3)35-13-14-36-34-12-11-32-29-33(15-17-39(32,4)37(34)16-18-40(35,36)5)48-38(43)41-19-7-21-44-23-25-46-27-28-47-26-24-45-22-8-20-42/h11,30-31,33-37,42H,6-10,12-29H2,1-5H3,(H,41,43)/t31-,33+,34?,35?,36?,37?,39+,40-/m1/s1. The van der Waals surface area contributed by atoms with Crippen molar-refractivity contribution in [2.45, 2.75) is 124 Å². The number of fused-ring (bicyclic) bond motifs is 5. The zero-order chi connectivity index (χ0) is 34.4. The van der Waals surface area contributed by atoms with Crippen LogP contribution < -0.4 is 5.32 Å². The molecule has 0 aromatic rings. The van der Waals surface area contributed by atoms with Gasteiger partial charge in [-0.05, 0) is 104 Å². The van der Waals surface area contributed by atoms with E-state index < -0.39 is 0 Å². The van der Waals surface area contributed by atoms with Crippen molar-refractivity contribution in [3.63, 3.8) is 0 Å². The molecule has 0 radical (unpaired) electrons. The number of hydrogen-bond donors (Lipinski definition) is 2. The quantitative estimate of drug-likeness (QED) is 0.0887. The van der Waals surface area contributed by atoms with Gasteiger partial charge in [-0.3, -0.25) is 0 Å². The van der Waals surface area contributed by atoms with Gasteiger partial charge in [0.05, 0.1) is 39.6 Å². The monoisotopic (exact) mass is 678 g/mol. The predicted molar refractivity (Wildman–Crippen MR) is 191 cm³/mol. The number of aliphatic hydroxyl groups is 1. The molecule has 4 aliphatic carbocycles. The van der Waals surface area contributed by atoms with E-state index in [2.05, 4.69) is 46.0 Å². The van der Waals surface area contributed by atoms with E-state index in [1.165, 1.54) is 51.4 Å². The van der Waals surface area contributed by atoms with Crippen molar-refractivity contribution in [3.05, 3.63) is 11.6 Å². The second-order valence-electron chi connectivity index (χ2n) is 16.4. The molecule has 4 unspecified atom stereocenters. The van der Waals surface area contributed by atoms with Gasteiger partial charge in [0.25, 0.3) is 0 Å². The van der Waals surface area contributed by atoms with E-state index in [4.69, 9.17) is 28.8 Å². The van der Waals surface area contributed by atoms with Gasteiger partial charge in [0, 0.05) is 32.8 Å². The van der Waals surface area contributed by atoms with E-state index >= 15 is 0 Å². The van der Waals surface area contributed by atoms with Crippen LogP contribution in [0.1, 0.15) is 118 Å². The summed E-state index contributed by atoms with van der Waals surface area (Å²) in [6, 6.07) is 0. The Morgan fingerprint density at radius 2 is 1.50 bits per heavy atom. The minimum atomic E-state index is -0.298. The van der Waals surface area contributed by atoms with E-state index in [0.717, 1.165) is 61.2 Å². The number of rotatable bonds is 22. The number of aliphatic hydroxyl groups excluding tert-OH is 1. The SMILES string of the molecule is CC(C)CCC[C@@H](C)C1CCC2C3CC=C4C[C@@H](OC(=O)NCCCOCCOCCOCCOCCCO)CC[C@]4(C)C3CC[C@@]21C. The minimum absolute atomic E-state index is 0.0200. The largest absolute Gasteiger partial charge is 0.446 e. The van der Waals surface area contributed by atoms with Gasteiger partial charge in [-0.25, -0.2) is 4.79 Å². The van der Waals surface area contributed by atoms with Crippen LogP contribution in [0, 0.1) is 46.3 Å². The van der Waals surface area contributed by atoms with E-state index in [1.54, 1.807) is 5.57 Å². The molecule has 278 valence electrons. The summed E-state index contributed by atoms with van der Waals surface area (Å²) < 4.78 is 27.8. The van der Waals surface area contributed by atoms with Crippen LogP contribution in [0.2, 0.25) is 0 Å². The van der Waals surface area contributed by atoms with E-state index in [-0.39, 0.29) is 24.2 Å². The Bertz CT molecular complexity index is 973. The maximum absolute atomic E-state index is 12.6. The van der Waals surface area contributed by atoms with Crippen LogP contribution in [0.3, 0.4) is 0 Å². The molecule has 3 saturated carbocycles. The third kappa shape index (κ3) is 10.9. The van der Waals surface area contributed by atoms with Crippen molar-refractivity contribution < 1.29 is 33.6 Å². The molecule has 0 aliphatic heterocycles. The molecule has 8 heteroatoms. The number of carbonyl (C=O) groups excluding carboxylic acids is 1. The van der Waals surface area contributed by atoms with Gasteiger partial charge < -0.3 is 34.1 Å². The molecule has 0 bridgehead atoms. The molecule has 4 rings (SSSR count). The molecular formula is C40H71NO7. The van der Waals surface area contributed by atoms with Crippen LogP contribution >= 0.6 is 0 Å². The molecule has 8 atom stereocenters. The van der Waals surface area contributed by atoms with Crippen molar-refractivity contribution in [2.24, 2.45) is 46.3 Å². The van der Waals surface area contributed by atoms with E-state index in [1.807, 2.05) is 0 Å². The molecule has 8 nitrogen and oxygen atoms in total. The number of hydrogen-bond acceptors (Lipinski definition) is 7. The first-order chi connectivity index (χ1) is 23.2. The van der Waals surface area contributed by atoms with Crippen molar-refractivity contribution >= 4 is 6.09 Å². The summed E-state index contributed by atoms with van der Waals surface area (Å²) in [5.41, 5.74) is 2.36. The zero-order valence-corrected chi connectivity index (χ0v) is 31.3. The molecule has 0 spiro atoms. The first-order valence-corrected chi connectivity index (χ1v) is 19.7. The van der Waals surface area contributed by atoms with Crippen LogP contribution in [0.5, 0.6) is 0 Å². The number of amides is 1. The molecular weight excluding hydrogens is 606 g/mol. The molecule has 0 aromatic heterocycles. The van der Waals surface area contributed by atoms with Gasteiger partial charge in [0.15, 0.2) is 0 Å². The maximum Gasteiger partial charge on any atom is 0.407 e. The van der Waals surface area contributed by atoms with Crippen LogP contribution in [0.4, 0.5) is 4.79 Å². The molecule has 4 aliphatic rings. The van der Waals surface area contributed by atoms with Crippen molar-refractivity contribution in [3.8, 4) is 0 Å². The lowest BCUT2D eigenvalue weighted by atomic mass is 9.47. The Kier molecular flexibility index (Phi) is 16.5. The number of allylic oxidation sites excluding steroid dienone is 1. The number of alkyl carbamates (subject to hydrolysis) is 1. The van der Waals surface area contributed by atoms with Gasteiger partial charge >= 0.3 is 6.09 Å². The highest BCUT2D eigenvalue weighted by atomic mass is 16.6. The summed E-state index contributed by atoms with van der Waals surface area (Å²) in [5, 5.41) is 11.6. The van der Waals surface area contributed by atoms with Gasteiger partial charge in [0.1, 0.15) is 6.10 Å². The Morgan fingerprint density at radius 3 is 2.17 bits per heavy atom. The first kappa shape index (κ1) is 39.6. The minimum Gasteiger partial charge on any atom is -0.446 e. The molecule has 0 aromatic carbocycles. The highest BCUT2D eigenvalue weighted by molar-refractivity contribution is 5.67. The smallest absolute Gasteiger partial charge is 0.407 e. The fourth-order valence-electron chi connectivity index (χ4n) is 10.2. The average Bonchev–Trinajstić information content (AvgIpc) is 3.42. The lowest BCUT2D eigenvalue weighted by molar-refractivity contribution is -0.0581. The second-order valence-corrected chi connectivity index (χ2v) is 16.4. The van der Waals surface area contributed by atoms with Crippen LogP contribution in [0.25, 0.3) is 0 Å². The summed E-state index contributed by atoms with van der Waals surface area (Å²) in [6.45, 7) is 17.5. The predicted octanol–water partition coefficient (Wildman–Crippen LogP) is 7.96. The fraction of sp³-hybridized carbons (Fsp3) is 0.925. The molecule has 1 amide bonds. The Balaban J connectivity index is 1.08. The Labute approximate surface area is 292 Å². The summed E-state index contributed by atoms with van der Waals surface area (Å²) in [6.07, 6.45) is 17.7. The van der Waals surface area contributed by atoms with Crippen molar-refractivity contribution in [2.75, 3.05) is 66.0 Å². The van der Waals surface area contributed by atoms with Gasteiger partial charge in [-0.2, -0.15) is 0 Å². The lowest BCUT2D eigenvalue weighted by Crippen LogP contribution is -2.51. The van der Waals surface area contributed by atoms with E-state index in [0.29, 0.717) is 71.2 Å². The Morgan fingerprint density at radius 1 is 0.833 bits per heavy atom. The maximum atomic E-state index is 12.6. The van der Waals surface area contributed by atoms with Crippen LogP contribution in [0.15, 0.2) is 11.6 Å². The first-order valence-electron chi connectivity index (χ1n) is 19.7. The highest BCUT2D eigenvalue weighted by Crippen LogP contribution is 2.67. The third-order valence-corrected chi connectivity index (χ3v) is 12.8. The normalized spacial score (nSPS) is 31.9. The van der Waals surface area contributed by atoms with Crippen molar-refractivity contribution in [1.29, 1.82) is 0 Å². The van der Waals surface area contributed by atoms with Gasteiger partial charge in [0.2, 0.25) is 0 Å². The fourth-order valence-corrected chi connectivity index (χ4v) is 10.2. The number of ether oxygens (including phenoxy) is 5. The van der Waals surface area contributed by atoms with Gasteiger partial charge in [-0.1, -0.05) is 65.5 Å². The van der Waals surface area contributed by atoms with E-state index in [9.17, 15) is 4.79 Å². The van der Waals surface area contributed by atoms with Crippen LogP contribution in [-0.2, 0) is 23.7 Å². The second kappa shape index (κ2) is 20.0. The van der Waals surface area contributed by atoms with Crippen LogP contribution in [-0.4, -0.2) is 83.3 Å². The number of carbonyl (C=O) groups is 1. The summed E-state index contributed by atoms with van der Waals surface area (Å²) in [5.74, 6) is 5.05. The number of nitrogens with one attached hydrogen (secondary N) is 1. The van der Waals surface area contributed by atoms with Crippen molar-refractivity contribution in [1.82, 2.24) is 5.32 Å². The highest BCUT2D eigenvalue weighted by Gasteiger charge is 2.59.